The van der Waals surface area contributed by atoms with E-state index in [4.69, 9.17) is 23.2 Å². The Morgan fingerprint density at radius 3 is 2.67 bits per heavy atom. The van der Waals surface area contributed by atoms with Crippen molar-refractivity contribution in [2.75, 3.05) is 6.54 Å². The number of hydrogen-bond donors (Lipinski definition) is 0. The summed E-state index contributed by atoms with van der Waals surface area (Å²) in [4.78, 5) is 16.6. The quantitative estimate of drug-likeness (QED) is 0.476. The van der Waals surface area contributed by atoms with Crippen LogP contribution in [0.5, 0.6) is 0 Å². The van der Waals surface area contributed by atoms with Gasteiger partial charge in [0.1, 0.15) is 0 Å². The Kier molecular flexibility index (Phi) is 5.63. The lowest BCUT2D eigenvalue weighted by Crippen LogP contribution is -2.47. The van der Waals surface area contributed by atoms with Crippen LogP contribution in [-0.2, 0) is 4.79 Å². The summed E-state index contributed by atoms with van der Waals surface area (Å²) in [6.07, 6.45) is 5.84. The molecule has 5 heteroatoms. The zero-order chi connectivity index (χ0) is 19.0. The Bertz CT molecular complexity index is 844. The topological polar surface area (TPSA) is 20.3 Å². The van der Waals surface area contributed by atoms with Crippen molar-refractivity contribution in [1.82, 2.24) is 4.90 Å². The van der Waals surface area contributed by atoms with Crippen LogP contribution in [-0.4, -0.2) is 17.4 Å². The van der Waals surface area contributed by atoms with E-state index in [1.165, 1.54) is 18.4 Å². The van der Waals surface area contributed by atoms with Gasteiger partial charge in [0.2, 0.25) is 5.91 Å². The third-order valence-corrected chi connectivity index (χ3v) is 7.19. The summed E-state index contributed by atoms with van der Waals surface area (Å²) in [5.41, 5.74) is 1.19. The molecule has 1 saturated carbocycles. The molecule has 1 aromatic carbocycles. The molecule has 4 rings (SSSR count). The second-order valence-corrected chi connectivity index (χ2v) is 9.82. The maximum atomic E-state index is 13.3. The second kappa shape index (κ2) is 7.98. The number of rotatable bonds is 6. The van der Waals surface area contributed by atoms with Crippen LogP contribution in [0.15, 0.2) is 49.1 Å². The molecule has 2 aliphatic rings. The molecule has 142 valence electrons. The monoisotopic (exact) mass is 419 g/mol. The Morgan fingerprint density at radius 1 is 1.22 bits per heavy atom. The highest BCUT2D eigenvalue weighted by Gasteiger charge is 2.44. The maximum Gasteiger partial charge on any atom is 0.226 e. The van der Waals surface area contributed by atoms with Gasteiger partial charge in [0, 0.05) is 28.3 Å². The van der Waals surface area contributed by atoms with Crippen molar-refractivity contribution >= 4 is 40.4 Å². The van der Waals surface area contributed by atoms with Gasteiger partial charge in [0.25, 0.3) is 0 Å². The van der Waals surface area contributed by atoms with Gasteiger partial charge in [-0.15, -0.1) is 17.9 Å². The molecular weight excluding hydrogens is 397 g/mol. The van der Waals surface area contributed by atoms with Crippen LogP contribution >= 0.6 is 34.5 Å². The lowest BCUT2D eigenvalue weighted by atomic mass is 9.76. The SMILES string of the molecule is C=CC[C@H]1CC(c2cccc(Cl)c2)[C@@H](c2ccc(Cl)s2)N(CC2CC2)C1=O. The first-order valence-electron chi connectivity index (χ1n) is 9.49. The predicted molar refractivity (Wildman–Crippen MR) is 114 cm³/mol. The van der Waals surface area contributed by atoms with E-state index >= 15 is 0 Å². The molecule has 2 fully saturated rings. The van der Waals surface area contributed by atoms with Gasteiger partial charge in [0.15, 0.2) is 0 Å². The van der Waals surface area contributed by atoms with Crippen molar-refractivity contribution < 1.29 is 4.79 Å². The zero-order valence-electron chi connectivity index (χ0n) is 15.1. The number of benzene rings is 1. The highest BCUT2D eigenvalue weighted by Crippen LogP contribution is 2.49. The van der Waals surface area contributed by atoms with Gasteiger partial charge in [-0.1, -0.05) is 41.4 Å². The molecule has 27 heavy (non-hydrogen) atoms. The summed E-state index contributed by atoms with van der Waals surface area (Å²) < 4.78 is 0.766. The number of carbonyl (C=O) groups is 1. The van der Waals surface area contributed by atoms with Crippen LogP contribution in [0.1, 0.15) is 48.1 Å². The van der Waals surface area contributed by atoms with Crippen LogP contribution in [0.25, 0.3) is 0 Å². The number of hydrogen-bond acceptors (Lipinski definition) is 2. The number of piperidine rings is 1. The highest BCUT2D eigenvalue weighted by atomic mass is 35.5. The molecule has 2 nitrogen and oxygen atoms in total. The Morgan fingerprint density at radius 2 is 2.04 bits per heavy atom. The molecule has 1 aromatic heterocycles. The van der Waals surface area contributed by atoms with Crippen molar-refractivity contribution in [1.29, 1.82) is 0 Å². The number of likely N-dealkylation sites (tertiary alicyclic amines) is 1. The number of allylic oxidation sites excluding steroid dienone is 1. The molecule has 1 amide bonds. The fraction of sp³-hybridized carbons (Fsp3) is 0.409. The number of thiophene rings is 1. The summed E-state index contributed by atoms with van der Waals surface area (Å²) in [6.45, 7) is 4.71. The van der Waals surface area contributed by atoms with Crippen molar-refractivity contribution in [3.63, 3.8) is 0 Å². The smallest absolute Gasteiger partial charge is 0.226 e. The molecule has 2 aromatic rings. The third-order valence-electron chi connectivity index (χ3n) is 5.65. The van der Waals surface area contributed by atoms with E-state index in [0.29, 0.717) is 5.92 Å². The predicted octanol–water partition coefficient (Wildman–Crippen LogP) is 6.71. The molecule has 0 radical (unpaired) electrons. The minimum atomic E-state index is -0.0167. The normalized spacial score (nSPS) is 25.6. The first kappa shape index (κ1) is 19.0. The van der Waals surface area contributed by atoms with E-state index in [9.17, 15) is 4.79 Å². The van der Waals surface area contributed by atoms with Crippen LogP contribution < -0.4 is 0 Å². The van der Waals surface area contributed by atoms with Crippen molar-refractivity contribution in [3.05, 3.63) is 68.9 Å². The number of nitrogens with zero attached hydrogens (tertiary/aromatic N) is 1. The lowest BCUT2D eigenvalue weighted by molar-refractivity contribution is -0.143. The summed E-state index contributed by atoms with van der Waals surface area (Å²) in [7, 11) is 0. The summed E-state index contributed by atoms with van der Waals surface area (Å²) >= 11 is 14.1. The molecule has 0 spiro atoms. The number of carbonyl (C=O) groups excluding carboxylic acids is 1. The fourth-order valence-electron chi connectivity index (χ4n) is 4.20. The van der Waals surface area contributed by atoms with Crippen molar-refractivity contribution in [2.45, 2.75) is 37.6 Å². The zero-order valence-corrected chi connectivity index (χ0v) is 17.4. The van der Waals surface area contributed by atoms with E-state index < -0.39 is 0 Å². The van der Waals surface area contributed by atoms with E-state index in [-0.39, 0.29) is 23.8 Å². The van der Waals surface area contributed by atoms with E-state index in [0.717, 1.165) is 33.6 Å². The Labute approximate surface area is 174 Å². The van der Waals surface area contributed by atoms with Crippen LogP contribution in [0.4, 0.5) is 0 Å². The van der Waals surface area contributed by atoms with E-state index in [1.807, 2.05) is 30.3 Å². The standard InChI is InChI=1S/C22H23Cl2NOS/c1-2-4-16-12-18(15-5-3-6-17(23)11-15)21(19-9-10-20(24)27-19)25(22(16)26)13-14-7-8-14/h2-3,5-6,9-11,14,16,18,21H,1,4,7-8,12-13H2/t16-,18?,21-/m0/s1. The average molecular weight is 420 g/mol. The minimum Gasteiger partial charge on any atom is -0.334 e. The highest BCUT2D eigenvalue weighted by molar-refractivity contribution is 7.16. The lowest BCUT2D eigenvalue weighted by Gasteiger charge is -2.44. The third kappa shape index (κ3) is 4.11. The first-order valence-corrected chi connectivity index (χ1v) is 11.1. The molecule has 0 bridgehead atoms. The molecule has 1 saturated heterocycles. The molecule has 2 heterocycles. The number of amides is 1. The van der Waals surface area contributed by atoms with Gasteiger partial charge in [0.05, 0.1) is 10.4 Å². The largest absolute Gasteiger partial charge is 0.334 e. The van der Waals surface area contributed by atoms with Crippen molar-refractivity contribution in [3.8, 4) is 0 Å². The van der Waals surface area contributed by atoms with Gasteiger partial charge in [-0.25, -0.2) is 0 Å². The summed E-state index contributed by atoms with van der Waals surface area (Å²) in [6, 6.07) is 12.1. The summed E-state index contributed by atoms with van der Waals surface area (Å²) in [5.74, 6) is 1.08. The van der Waals surface area contributed by atoms with Crippen molar-refractivity contribution in [2.24, 2.45) is 11.8 Å². The van der Waals surface area contributed by atoms with Gasteiger partial charge >= 0.3 is 0 Å². The van der Waals surface area contributed by atoms with E-state index in [2.05, 4.69) is 23.6 Å². The first-order chi connectivity index (χ1) is 13.1. The van der Waals surface area contributed by atoms with Gasteiger partial charge in [-0.2, -0.15) is 0 Å². The molecule has 1 aliphatic carbocycles. The Hall–Kier alpha value is -1.29. The van der Waals surface area contributed by atoms with Gasteiger partial charge in [-0.05, 0) is 61.4 Å². The fourth-order valence-corrected chi connectivity index (χ4v) is 5.64. The molecular formula is C22H23Cl2NOS. The number of halogens is 2. The maximum absolute atomic E-state index is 13.3. The summed E-state index contributed by atoms with van der Waals surface area (Å²) in [5, 5.41) is 0.737. The molecule has 1 unspecified atom stereocenters. The van der Waals surface area contributed by atoms with Crippen LogP contribution in [0.3, 0.4) is 0 Å². The van der Waals surface area contributed by atoms with Gasteiger partial charge in [-0.3, -0.25) is 4.79 Å². The molecule has 1 aliphatic heterocycles. The van der Waals surface area contributed by atoms with Crippen LogP contribution in [0, 0.1) is 11.8 Å². The minimum absolute atomic E-state index is 0.0167. The van der Waals surface area contributed by atoms with Gasteiger partial charge < -0.3 is 4.90 Å². The Balaban J connectivity index is 1.78. The van der Waals surface area contributed by atoms with E-state index in [1.54, 1.807) is 11.3 Å². The van der Waals surface area contributed by atoms with Crippen LogP contribution in [0.2, 0.25) is 9.36 Å². The second-order valence-electron chi connectivity index (χ2n) is 7.64. The molecule has 0 N–H and O–H groups in total. The average Bonchev–Trinajstić information content (AvgIpc) is 3.37. The molecule has 3 atom stereocenters.